The maximum absolute atomic E-state index is 5.67. The SMILES string of the molecule is COc1ccccc1N1CCN(CCC2=CCCc3c2ccc(OC)c3OC)CC1. The first-order chi connectivity index (χ1) is 14.7. The molecule has 0 saturated carbocycles. The van der Waals surface area contributed by atoms with Gasteiger partial charge in [0.25, 0.3) is 0 Å². The largest absolute Gasteiger partial charge is 0.495 e. The van der Waals surface area contributed by atoms with Gasteiger partial charge < -0.3 is 19.1 Å². The van der Waals surface area contributed by atoms with Crippen molar-refractivity contribution in [3.8, 4) is 17.2 Å². The standard InChI is InChI=1S/C25H32N2O3/c1-28-23-10-5-4-9-22(23)27-17-15-26(16-18-27)14-13-19-7-6-8-21-20(19)11-12-24(29-2)25(21)30-3/h4-5,7,9-12H,6,8,13-18H2,1-3H3. The monoisotopic (exact) mass is 408 g/mol. The topological polar surface area (TPSA) is 34.2 Å². The van der Waals surface area contributed by atoms with Crippen LogP contribution in [0.25, 0.3) is 5.57 Å². The quantitative estimate of drug-likeness (QED) is 0.684. The van der Waals surface area contributed by atoms with Crippen molar-refractivity contribution >= 4 is 11.3 Å². The lowest BCUT2D eigenvalue weighted by molar-refractivity contribution is 0.263. The van der Waals surface area contributed by atoms with E-state index in [-0.39, 0.29) is 0 Å². The summed E-state index contributed by atoms with van der Waals surface area (Å²) in [6.45, 7) is 5.29. The zero-order chi connectivity index (χ0) is 20.9. The van der Waals surface area contributed by atoms with Crippen LogP contribution in [0.4, 0.5) is 5.69 Å². The molecule has 0 bridgehead atoms. The van der Waals surface area contributed by atoms with Crippen molar-refractivity contribution in [2.75, 3.05) is 59.0 Å². The molecule has 0 radical (unpaired) electrons. The Bertz CT molecular complexity index is 901. The number of nitrogens with zero attached hydrogens (tertiary/aromatic N) is 2. The molecule has 160 valence electrons. The molecule has 0 unspecified atom stereocenters. The number of benzene rings is 2. The molecule has 0 amide bonds. The lowest BCUT2D eigenvalue weighted by Crippen LogP contribution is -2.46. The third kappa shape index (κ3) is 4.12. The van der Waals surface area contributed by atoms with Crippen molar-refractivity contribution < 1.29 is 14.2 Å². The summed E-state index contributed by atoms with van der Waals surface area (Å²) < 4.78 is 16.7. The summed E-state index contributed by atoms with van der Waals surface area (Å²) in [5, 5.41) is 0. The van der Waals surface area contributed by atoms with Crippen molar-refractivity contribution in [2.45, 2.75) is 19.3 Å². The molecule has 1 fully saturated rings. The maximum Gasteiger partial charge on any atom is 0.164 e. The van der Waals surface area contributed by atoms with Crippen LogP contribution in [0.2, 0.25) is 0 Å². The number of methoxy groups -OCH3 is 3. The molecule has 2 aliphatic rings. The number of hydrogen-bond donors (Lipinski definition) is 0. The van der Waals surface area contributed by atoms with E-state index in [4.69, 9.17) is 14.2 Å². The zero-order valence-corrected chi connectivity index (χ0v) is 18.3. The molecule has 30 heavy (non-hydrogen) atoms. The first-order valence-corrected chi connectivity index (χ1v) is 10.8. The molecule has 4 rings (SSSR count). The van der Waals surface area contributed by atoms with Crippen molar-refractivity contribution in [1.82, 2.24) is 4.90 Å². The zero-order valence-electron chi connectivity index (χ0n) is 18.3. The normalized spacial score (nSPS) is 16.6. The van der Waals surface area contributed by atoms with Crippen LogP contribution in [0, 0.1) is 0 Å². The van der Waals surface area contributed by atoms with E-state index >= 15 is 0 Å². The molecule has 1 heterocycles. The van der Waals surface area contributed by atoms with E-state index in [1.165, 1.54) is 22.4 Å². The maximum atomic E-state index is 5.67. The lowest BCUT2D eigenvalue weighted by atomic mass is 9.88. The number of hydrogen-bond acceptors (Lipinski definition) is 5. The molecule has 0 atom stereocenters. The predicted molar refractivity (Wildman–Crippen MR) is 122 cm³/mol. The highest BCUT2D eigenvalue weighted by Crippen LogP contribution is 2.40. The van der Waals surface area contributed by atoms with Gasteiger partial charge in [-0.3, -0.25) is 4.90 Å². The van der Waals surface area contributed by atoms with Crippen LogP contribution >= 0.6 is 0 Å². The summed E-state index contributed by atoms with van der Waals surface area (Å²) in [6.07, 6.45) is 5.54. The summed E-state index contributed by atoms with van der Waals surface area (Å²) >= 11 is 0. The van der Waals surface area contributed by atoms with Gasteiger partial charge in [-0.15, -0.1) is 0 Å². The van der Waals surface area contributed by atoms with E-state index in [0.717, 1.165) is 69.2 Å². The van der Waals surface area contributed by atoms with Gasteiger partial charge in [-0.2, -0.15) is 0 Å². The first kappa shape index (κ1) is 20.6. The second-order valence-corrected chi connectivity index (χ2v) is 7.85. The van der Waals surface area contributed by atoms with Crippen LogP contribution in [-0.2, 0) is 6.42 Å². The second-order valence-electron chi connectivity index (χ2n) is 7.85. The predicted octanol–water partition coefficient (Wildman–Crippen LogP) is 4.25. The Morgan fingerprint density at radius 3 is 2.33 bits per heavy atom. The minimum Gasteiger partial charge on any atom is -0.495 e. The number of piperazine rings is 1. The van der Waals surface area contributed by atoms with Crippen molar-refractivity contribution in [2.24, 2.45) is 0 Å². The Kier molecular flexibility index (Phi) is 6.48. The average molecular weight is 409 g/mol. The lowest BCUT2D eigenvalue weighted by Gasteiger charge is -2.37. The van der Waals surface area contributed by atoms with Gasteiger partial charge in [-0.25, -0.2) is 0 Å². The Morgan fingerprint density at radius 1 is 0.833 bits per heavy atom. The summed E-state index contributed by atoms with van der Waals surface area (Å²) in [6, 6.07) is 12.5. The Morgan fingerprint density at radius 2 is 1.60 bits per heavy atom. The highest BCUT2D eigenvalue weighted by molar-refractivity contribution is 5.74. The summed E-state index contributed by atoms with van der Waals surface area (Å²) in [4.78, 5) is 5.00. The Labute approximate surface area is 179 Å². The van der Waals surface area contributed by atoms with Crippen LogP contribution in [-0.4, -0.2) is 59.0 Å². The molecular weight excluding hydrogens is 376 g/mol. The third-order valence-electron chi connectivity index (χ3n) is 6.27. The van der Waals surface area contributed by atoms with E-state index in [2.05, 4.69) is 34.1 Å². The summed E-state index contributed by atoms with van der Waals surface area (Å²) in [5.41, 5.74) is 5.25. The van der Waals surface area contributed by atoms with E-state index in [1.54, 1.807) is 21.3 Å². The van der Waals surface area contributed by atoms with Crippen LogP contribution in [0.1, 0.15) is 24.0 Å². The van der Waals surface area contributed by atoms with E-state index < -0.39 is 0 Å². The van der Waals surface area contributed by atoms with Crippen molar-refractivity contribution in [3.63, 3.8) is 0 Å². The van der Waals surface area contributed by atoms with Gasteiger partial charge in [0, 0.05) is 38.3 Å². The molecule has 1 aliphatic heterocycles. The van der Waals surface area contributed by atoms with Gasteiger partial charge in [0.1, 0.15) is 5.75 Å². The molecule has 1 saturated heterocycles. The highest BCUT2D eigenvalue weighted by Gasteiger charge is 2.22. The molecule has 5 heteroatoms. The second kappa shape index (κ2) is 9.43. The fourth-order valence-corrected chi connectivity index (χ4v) is 4.66. The molecule has 0 N–H and O–H groups in total. The average Bonchev–Trinajstić information content (AvgIpc) is 2.82. The number of anilines is 1. The molecule has 2 aromatic rings. The van der Waals surface area contributed by atoms with Crippen LogP contribution in [0.3, 0.4) is 0 Å². The van der Waals surface area contributed by atoms with Gasteiger partial charge in [0.05, 0.1) is 27.0 Å². The molecular formula is C25H32N2O3. The molecule has 1 aliphatic carbocycles. The number of rotatable bonds is 7. The Hall–Kier alpha value is -2.66. The molecule has 2 aromatic carbocycles. The Balaban J connectivity index is 1.37. The molecule has 5 nitrogen and oxygen atoms in total. The van der Waals surface area contributed by atoms with E-state index in [1.807, 2.05) is 18.2 Å². The van der Waals surface area contributed by atoms with E-state index in [0.29, 0.717) is 0 Å². The fourth-order valence-electron chi connectivity index (χ4n) is 4.66. The number of ether oxygens (including phenoxy) is 3. The minimum atomic E-state index is 0.824. The van der Waals surface area contributed by atoms with Crippen molar-refractivity contribution in [3.05, 3.63) is 53.6 Å². The van der Waals surface area contributed by atoms with E-state index in [9.17, 15) is 0 Å². The molecule has 0 spiro atoms. The van der Waals surface area contributed by atoms with Crippen LogP contribution in [0.15, 0.2) is 42.5 Å². The third-order valence-corrected chi connectivity index (χ3v) is 6.27. The van der Waals surface area contributed by atoms with Gasteiger partial charge >= 0.3 is 0 Å². The minimum absolute atomic E-state index is 0.824. The fraction of sp³-hybridized carbons (Fsp3) is 0.440. The number of para-hydroxylation sites is 2. The molecule has 0 aromatic heterocycles. The number of allylic oxidation sites excluding steroid dienone is 1. The van der Waals surface area contributed by atoms with Gasteiger partial charge in [-0.05, 0) is 48.6 Å². The first-order valence-electron chi connectivity index (χ1n) is 10.8. The highest BCUT2D eigenvalue weighted by atomic mass is 16.5. The smallest absolute Gasteiger partial charge is 0.164 e. The van der Waals surface area contributed by atoms with Crippen LogP contribution in [0.5, 0.6) is 17.2 Å². The van der Waals surface area contributed by atoms with Gasteiger partial charge in [-0.1, -0.05) is 24.3 Å². The van der Waals surface area contributed by atoms with Gasteiger partial charge in [0.2, 0.25) is 0 Å². The van der Waals surface area contributed by atoms with Crippen LogP contribution < -0.4 is 19.1 Å². The summed E-state index contributed by atoms with van der Waals surface area (Å²) in [7, 11) is 5.18. The van der Waals surface area contributed by atoms with Gasteiger partial charge in [0.15, 0.2) is 11.5 Å². The van der Waals surface area contributed by atoms with Crippen molar-refractivity contribution in [1.29, 1.82) is 0 Å². The summed E-state index contributed by atoms with van der Waals surface area (Å²) in [5.74, 6) is 2.68. The number of fused-ring (bicyclic) bond motifs is 1.